The van der Waals surface area contributed by atoms with Crippen LogP contribution in [0.1, 0.15) is 16.7 Å². The van der Waals surface area contributed by atoms with E-state index < -0.39 is 0 Å². The van der Waals surface area contributed by atoms with Gasteiger partial charge in [-0.05, 0) is 64.7 Å². The maximum atomic E-state index is 13.5. The van der Waals surface area contributed by atoms with Gasteiger partial charge < -0.3 is 5.32 Å². The lowest BCUT2D eigenvalue weighted by Crippen LogP contribution is -2.02. The number of anilines is 1. The lowest BCUT2D eigenvalue weighted by molar-refractivity contribution is 0.621. The molecule has 0 atom stereocenters. The smallest absolute Gasteiger partial charge is 0.139 e. The third kappa shape index (κ3) is 3.48. The highest BCUT2D eigenvalue weighted by Gasteiger charge is 2.06. The molecule has 2 rings (SSSR count). The van der Waals surface area contributed by atoms with Crippen LogP contribution in [0.25, 0.3) is 0 Å². The summed E-state index contributed by atoms with van der Waals surface area (Å²) in [5.41, 5.74) is 3.88. The molecule has 0 unspecified atom stereocenters. The van der Waals surface area contributed by atoms with Gasteiger partial charge in [0.25, 0.3) is 0 Å². The Morgan fingerprint density at radius 3 is 2.63 bits per heavy atom. The minimum Gasteiger partial charge on any atom is -0.381 e. The molecule has 0 aliphatic heterocycles. The molecular formula is C15H14BrClFN. The van der Waals surface area contributed by atoms with Crippen LogP contribution in [0.4, 0.5) is 10.1 Å². The molecule has 0 aliphatic rings. The van der Waals surface area contributed by atoms with Gasteiger partial charge in [0, 0.05) is 17.3 Å². The molecule has 0 aromatic heterocycles. The second-order valence-corrected chi connectivity index (χ2v) is 5.79. The molecule has 4 heteroatoms. The van der Waals surface area contributed by atoms with Gasteiger partial charge in [0.2, 0.25) is 0 Å². The van der Waals surface area contributed by atoms with Crippen molar-refractivity contribution in [2.75, 3.05) is 5.32 Å². The van der Waals surface area contributed by atoms with Gasteiger partial charge in [-0.15, -0.1) is 0 Å². The second kappa shape index (κ2) is 5.93. The van der Waals surface area contributed by atoms with E-state index in [0.717, 1.165) is 27.4 Å². The Hall–Kier alpha value is -1.06. The van der Waals surface area contributed by atoms with E-state index in [2.05, 4.69) is 21.2 Å². The van der Waals surface area contributed by atoms with Crippen LogP contribution in [-0.2, 0) is 6.54 Å². The number of benzene rings is 2. The largest absolute Gasteiger partial charge is 0.381 e. The Bertz CT molecular complexity index is 613. The number of halogens is 3. The average Bonchev–Trinajstić information content (AvgIpc) is 2.34. The maximum absolute atomic E-state index is 13.5. The SMILES string of the molecule is Cc1ccc(CNc2cc(F)c(Br)cc2C)c(Cl)c1. The van der Waals surface area contributed by atoms with Crippen molar-refractivity contribution in [3.8, 4) is 0 Å². The van der Waals surface area contributed by atoms with Gasteiger partial charge in [0.05, 0.1) is 4.47 Å². The van der Waals surface area contributed by atoms with Crippen LogP contribution in [0, 0.1) is 19.7 Å². The summed E-state index contributed by atoms with van der Waals surface area (Å²) in [5, 5.41) is 3.94. The standard InChI is InChI=1S/C15H14BrClFN/c1-9-3-4-11(13(17)5-9)8-19-15-7-14(18)12(16)6-10(15)2/h3-7,19H,8H2,1-2H3. The number of hydrogen-bond donors (Lipinski definition) is 1. The van der Waals surface area contributed by atoms with Crippen molar-refractivity contribution in [2.24, 2.45) is 0 Å². The van der Waals surface area contributed by atoms with Crippen molar-refractivity contribution >= 4 is 33.2 Å². The summed E-state index contributed by atoms with van der Waals surface area (Å²) in [4.78, 5) is 0. The van der Waals surface area contributed by atoms with Crippen LogP contribution in [0.2, 0.25) is 5.02 Å². The lowest BCUT2D eigenvalue weighted by atomic mass is 10.1. The van der Waals surface area contributed by atoms with Crippen LogP contribution < -0.4 is 5.32 Å². The predicted octanol–water partition coefficient (Wildman–Crippen LogP) is 5.47. The fraction of sp³-hybridized carbons (Fsp3) is 0.200. The van der Waals surface area contributed by atoms with E-state index in [4.69, 9.17) is 11.6 Å². The maximum Gasteiger partial charge on any atom is 0.139 e. The first kappa shape index (κ1) is 14.4. The Morgan fingerprint density at radius 1 is 1.21 bits per heavy atom. The van der Waals surface area contributed by atoms with E-state index >= 15 is 0 Å². The zero-order valence-corrected chi connectivity index (χ0v) is 13.1. The predicted molar refractivity (Wildman–Crippen MR) is 82.4 cm³/mol. The average molecular weight is 343 g/mol. The van der Waals surface area contributed by atoms with Crippen molar-refractivity contribution in [3.63, 3.8) is 0 Å². The van der Waals surface area contributed by atoms with Gasteiger partial charge in [-0.3, -0.25) is 0 Å². The molecule has 0 heterocycles. The van der Waals surface area contributed by atoms with E-state index in [0.29, 0.717) is 11.0 Å². The summed E-state index contributed by atoms with van der Waals surface area (Å²) in [6.07, 6.45) is 0. The summed E-state index contributed by atoms with van der Waals surface area (Å²) >= 11 is 9.34. The van der Waals surface area contributed by atoms with Crippen LogP contribution in [-0.4, -0.2) is 0 Å². The molecule has 19 heavy (non-hydrogen) atoms. The zero-order chi connectivity index (χ0) is 14.0. The van der Waals surface area contributed by atoms with Gasteiger partial charge in [0.1, 0.15) is 5.82 Å². The quantitative estimate of drug-likeness (QED) is 0.780. The van der Waals surface area contributed by atoms with E-state index in [1.165, 1.54) is 6.07 Å². The normalized spacial score (nSPS) is 10.6. The van der Waals surface area contributed by atoms with Gasteiger partial charge in [-0.2, -0.15) is 0 Å². The molecule has 100 valence electrons. The Kier molecular flexibility index (Phi) is 4.48. The monoisotopic (exact) mass is 341 g/mol. The summed E-state index contributed by atoms with van der Waals surface area (Å²) in [6.45, 7) is 4.50. The molecule has 0 spiro atoms. The molecule has 0 aliphatic carbocycles. The fourth-order valence-corrected chi connectivity index (χ4v) is 2.58. The fourth-order valence-electron chi connectivity index (χ4n) is 1.82. The van der Waals surface area contributed by atoms with Crippen LogP contribution in [0.5, 0.6) is 0 Å². The molecule has 1 N–H and O–H groups in total. The Balaban J connectivity index is 2.16. The molecule has 0 radical (unpaired) electrons. The summed E-state index contributed by atoms with van der Waals surface area (Å²) in [6, 6.07) is 9.16. The Labute approximate surface area is 125 Å². The summed E-state index contributed by atoms with van der Waals surface area (Å²) < 4.78 is 14.0. The van der Waals surface area contributed by atoms with Crippen LogP contribution in [0.3, 0.4) is 0 Å². The highest BCUT2D eigenvalue weighted by molar-refractivity contribution is 9.10. The van der Waals surface area contributed by atoms with Crippen LogP contribution >= 0.6 is 27.5 Å². The summed E-state index contributed by atoms with van der Waals surface area (Å²) in [7, 11) is 0. The van der Waals surface area contributed by atoms with Crippen LogP contribution in [0.15, 0.2) is 34.8 Å². The molecule has 0 fully saturated rings. The molecule has 2 aromatic carbocycles. The van der Waals surface area contributed by atoms with E-state index in [1.807, 2.05) is 32.0 Å². The van der Waals surface area contributed by atoms with Crippen molar-refractivity contribution in [2.45, 2.75) is 20.4 Å². The highest BCUT2D eigenvalue weighted by atomic mass is 79.9. The third-order valence-corrected chi connectivity index (χ3v) is 3.90. The first-order valence-electron chi connectivity index (χ1n) is 5.92. The van der Waals surface area contributed by atoms with Crippen molar-refractivity contribution in [1.29, 1.82) is 0 Å². The number of nitrogens with one attached hydrogen (secondary N) is 1. The minimum atomic E-state index is -0.275. The molecule has 0 bridgehead atoms. The van der Waals surface area contributed by atoms with Gasteiger partial charge in [0.15, 0.2) is 0 Å². The van der Waals surface area contributed by atoms with E-state index in [-0.39, 0.29) is 5.82 Å². The van der Waals surface area contributed by atoms with E-state index in [1.54, 1.807) is 6.07 Å². The Morgan fingerprint density at radius 2 is 1.95 bits per heavy atom. The summed E-state index contributed by atoms with van der Waals surface area (Å²) in [5.74, 6) is -0.275. The number of aryl methyl sites for hydroxylation is 2. The number of rotatable bonds is 3. The number of hydrogen-bond acceptors (Lipinski definition) is 1. The van der Waals surface area contributed by atoms with E-state index in [9.17, 15) is 4.39 Å². The molecule has 2 aromatic rings. The van der Waals surface area contributed by atoms with Crippen molar-refractivity contribution in [1.82, 2.24) is 0 Å². The second-order valence-electron chi connectivity index (χ2n) is 4.53. The molecule has 1 nitrogen and oxygen atoms in total. The van der Waals surface area contributed by atoms with Gasteiger partial charge in [-0.25, -0.2) is 4.39 Å². The first-order chi connectivity index (χ1) is 8.97. The van der Waals surface area contributed by atoms with Gasteiger partial charge >= 0.3 is 0 Å². The highest BCUT2D eigenvalue weighted by Crippen LogP contribution is 2.25. The first-order valence-corrected chi connectivity index (χ1v) is 7.09. The molecule has 0 saturated heterocycles. The molecule has 0 amide bonds. The third-order valence-electron chi connectivity index (χ3n) is 2.95. The minimum absolute atomic E-state index is 0.275. The van der Waals surface area contributed by atoms with Gasteiger partial charge in [-0.1, -0.05) is 23.7 Å². The zero-order valence-electron chi connectivity index (χ0n) is 10.7. The lowest BCUT2D eigenvalue weighted by Gasteiger charge is -2.12. The van der Waals surface area contributed by atoms with Crippen molar-refractivity contribution < 1.29 is 4.39 Å². The molecule has 0 saturated carbocycles. The topological polar surface area (TPSA) is 12.0 Å². The van der Waals surface area contributed by atoms with Crippen molar-refractivity contribution in [3.05, 3.63) is 62.3 Å². The molecular weight excluding hydrogens is 329 g/mol.